The van der Waals surface area contributed by atoms with Gasteiger partial charge in [0.25, 0.3) is 0 Å². The molecule has 0 unspecified atom stereocenters. The summed E-state index contributed by atoms with van der Waals surface area (Å²) < 4.78 is 6.72. The average molecular weight is 272 g/mol. The van der Waals surface area contributed by atoms with Crippen molar-refractivity contribution < 1.29 is 9.53 Å². The second-order valence-corrected chi connectivity index (χ2v) is 6.10. The van der Waals surface area contributed by atoms with Gasteiger partial charge in [0.2, 0.25) is 5.01 Å². The third-order valence-corrected chi connectivity index (χ3v) is 4.53. The van der Waals surface area contributed by atoms with E-state index in [-0.39, 0.29) is 0 Å². The SMILES string of the molecule is CCOC(=O)c1nnc(Sc2cccs2)s1. The van der Waals surface area contributed by atoms with Crippen LogP contribution in [0.2, 0.25) is 0 Å². The highest BCUT2D eigenvalue weighted by atomic mass is 32.2. The second-order valence-electron chi connectivity index (χ2n) is 2.63. The van der Waals surface area contributed by atoms with E-state index in [1.54, 1.807) is 18.3 Å². The molecule has 0 radical (unpaired) electrons. The number of hydrogen-bond donors (Lipinski definition) is 0. The summed E-state index contributed by atoms with van der Waals surface area (Å²) in [6.45, 7) is 2.12. The maximum Gasteiger partial charge on any atom is 0.369 e. The molecule has 0 spiro atoms. The van der Waals surface area contributed by atoms with Crippen molar-refractivity contribution in [3.8, 4) is 0 Å². The largest absolute Gasteiger partial charge is 0.461 e. The molecule has 0 atom stereocenters. The topological polar surface area (TPSA) is 52.1 Å². The Morgan fingerprint density at radius 3 is 3.12 bits per heavy atom. The van der Waals surface area contributed by atoms with Crippen LogP contribution in [0.25, 0.3) is 0 Å². The molecule has 0 N–H and O–H groups in total. The summed E-state index contributed by atoms with van der Waals surface area (Å²) in [5.41, 5.74) is 0. The summed E-state index contributed by atoms with van der Waals surface area (Å²) >= 11 is 4.39. The number of aromatic nitrogens is 2. The van der Waals surface area contributed by atoms with Gasteiger partial charge in [-0.1, -0.05) is 17.4 Å². The molecule has 16 heavy (non-hydrogen) atoms. The second kappa shape index (κ2) is 5.42. The monoisotopic (exact) mass is 272 g/mol. The predicted octanol–water partition coefficient (Wildman–Crippen LogP) is 2.93. The van der Waals surface area contributed by atoms with Crippen molar-refractivity contribution in [1.29, 1.82) is 0 Å². The van der Waals surface area contributed by atoms with Gasteiger partial charge in [0.1, 0.15) is 0 Å². The first kappa shape index (κ1) is 11.6. The van der Waals surface area contributed by atoms with Crippen molar-refractivity contribution in [2.45, 2.75) is 15.5 Å². The van der Waals surface area contributed by atoms with Gasteiger partial charge in [-0.15, -0.1) is 21.5 Å². The lowest BCUT2D eigenvalue weighted by Crippen LogP contribution is -2.03. The number of thiophene rings is 1. The minimum atomic E-state index is -0.405. The predicted molar refractivity (Wildman–Crippen MR) is 64.3 cm³/mol. The molecule has 0 aromatic carbocycles. The zero-order valence-electron chi connectivity index (χ0n) is 8.37. The van der Waals surface area contributed by atoms with Crippen LogP contribution in [0.1, 0.15) is 16.7 Å². The Kier molecular flexibility index (Phi) is 3.92. The minimum absolute atomic E-state index is 0.306. The molecule has 0 bridgehead atoms. The maximum absolute atomic E-state index is 11.3. The van der Waals surface area contributed by atoms with E-state index in [0.717, 1.165) is 8.55 Å². The minimum Gasteiger partial charge on any atom is -0.461 e. The quantitative estimate of drug-likeness (QED) is 0.801. The normalized spacial score (nSPS) is 10.3. The van der Waals surface area contributed by atoms with E-state index in [0.29, 0.717) is 11.6 Å². The summed E-state index contributed by atoms with van der Waals surface area (Å²) in [5.74, 6) is -0.405. The fraction of sp³-hybridized carbons (Fsp3) is 0.222. The lowest BCUT2D eigenvalue weighted by molar-refractivity contribution is 0.0525. The van der Waals surface area contributed by atoms with Crippen molar-refractivity contribution in [2.75, 3.05) is 6.61 Å². The Morgan fingerprint density at radius 1 is 1.56 bits per heavy atom. The lowest BCUT2D eigenvalue weighted by atomic mass is 10.7. The van der Waals surface area contributed by atoms with Gasteiger partial charge in [-0.2, -0.15) is 0 Å². The van der Waals surface area contributed by atoms with Crippen LogP contribution in [0.3, 0.4) is 0 Å². The van der Waals surface area contributed by atoms with Crippen LogP contribution in [0.15, 0.2) is 26.1 Å². The summed E-state index contributed by atoms with van der Waals surface area (Å²) in [6.07, 6.45) is 0. The Morgan fingerprint density at radius 2 is 2.44 bits per heavy atom. The number of hydrogen-bond acceptors (Lipinski definition) is 7. The number of esters is 1. The smallest absolute Gasteiger partial charge is 0.369 e. The van der Waals surface area contributed by atoms with E-state index in [1.165, 1.54) is 23.1 Å². The fourth-order valence-corrected chi connectivity index (χ4v) is 3.68. The highest BCUT2D eigenvalue weighted by Gasteiger charge is 2.14. The van der Waals surface area contributed by atoms with Crippen LogP contribution in [-0.2, 0) is 4.74 Å². The van der Waals surface area contributed by atoms with Gasteiger partial charge in [0, 0.05) is 0 Å². The first-order valence-corrected chi connectivity index (χ1v) is 7.03. The first-order valence-electron chi connectivity index (χ1n) is 4.51. The summed E-state index contributed by atoms with van der Waals surface area (Å²) in [6, 6.07) is 3.97. The average Bonchev–Trinajstić information content (AvgIpc) is 2.90. The molecule has 0 aliphatic carbocycles. The molecular formula is C9H8N2O2S3. The van der Waals surface area contributed by atoms with Gasteiger partial charge in [0.15, 0.2) is 4.34 Å². The Balaban J connectivity index is 2.05. The number of carbonyl (C=O) groups excluding carboxylic acids is 1. The van der Waals surface area contributed by atoms with Gasteiger partial charge < -0.3 is 4.74 Å². The highest BCUT2D eigenvalue weighted by Crippen LogP contribution is 2.33. The third kappa shape index (κ3) is 2.81. The molecule has 0 aliphatic rings. The van der Waals surface area contributed by atoms with Crippen molar-refractivity contribution in [3.05, 3.63) is 22.5 Å². The molecule has 0 fully saturated rings. The van der Waals surface area contributed by atoms with Gasteiger partial charge in [-0.25, -0.2) is 4.79 Å². The van der Waals surface area contributed by atoms with E-state index in [9.17, 15) is 4.79 Å². The summed E-state index contributed by atoms with van der Waals surface area (Å²) in [7, 11) is 0. The van der Waals surface area contributed by atoms with Gasteiger partial charge >= 0.3 is 5.97 Å². The first-order chi connectivity index (χ1) is 7.79. The van der Waals surface area contributed by atoms with Crippen LogP contribution in [0.5, 0.6) is 0 Å². The lowest BCUT2D eigenvalue weighted by Gasteiger charge is -1.94. The third-order valence-electron chi connectivity index (χ3n) is 1.54. The van der Waals surface area contributed by atoms with Crippen LogP contribution in [0.4, 0.5) is 0 Å². The van der Waals surface area contributed by atoms with Crippen molar-refractivity contribution in [1.82, 2.24) is 10.2 Å². The van der Waals surface area contributed by atoms with E-state index >= 15 is 0 Å². The van der Waals surface area contributed by atoms with Crippen LogP contribution in [0, 0.1) is 0 Å². The molecule has 0 saturated heterocycles. The number of ether oxygens (including phenoxy) is 1. The Bertz CT molecular complexity index is 467. The standard InChI is InChI=1S/C9H8N2O2S3/c1-2-13-8(12)7-10-11-9(16-7)15-6-4-3-5-14-6/h3-5H,2H2,1H3. The van der Waals surface area contributed by atoms with Crippen molar-refractivity contribution >= 4 is 40.4 Å². The molecule has 0 saturated carbocycles. The Hall–Kier alpha value is -0.920. The molecule has 0 aliphatic heterocycles. The zero-order valence-corrected chi connectivity index (χ0v) is 10.8. The molecule has 2 aromatic rings. The Labute approximate surface area is 105 Å². The van der Waals surface area contributed by atoms with Gasteiger partial charge in [-0.05, 0) is 30.1 Å². The summed E-state index contributed by atoms with van der Waals surface area (Å²) in [5, 5.41) is 10.0. The fourth-order valence-electron chi connectivity index (χ4n) is 0.934. The maximum atomic E-state index is 11.3. The highest BCUT2D eigenvalue weighted by molar-refractivity contribution is 8.02. The van der Waals surface area contributed by atoms with E-state index in [2.05, 4.69) is 10.2 Å². The molecule has 7 heteroatoms. The molecule has 4 nitrogen and oxygen atoms in total. The molecule has 2 rings (SSSR count). The zero-order chi connectivity index (χ0) is 11.4. The van der Waals surface area contributed by atoms with Crippen molar-refractivity contribution in [3.63, 3.8) is 0 Å². The van der Waals surface area contributed by atoms with E-state index in [4.69, 9.17) is 4.74 Å². The van der Waals surface area contributed by atoms with Crippen LogP contribution in [-0.4, -0.2) is 22.8 Å². The molecule has 84 valence electrons. The number of nitrogens with zero attached hydrogens (tertiary/aromatic N) is 2. The number of carbonyl (C=O) groups is 1. The van der Waals surface area contributed by atoms with Gasteiger partial charge in [-0.3, -0.25) is 0 Å². The van der Waals surface area contributed by atoms with Gasteiger partial charge in [0.05, 0.1) is 10.8 Å². The molecule has 2 aromatic heterocycles. The number of rotatable bonds is 4. The van der Waals surface area contributed by atoms with Crippen LogP contribution >= 0.6 is 34.4 Å². The molecular weight excluding hydrogens is 264 g/mol. The molecule has 2 heterocycles. The van der Waals surface area contributed by atoms with Crippen molar-refractivity contribution in [2.24, 2.45) is 0 Å². The summed E-state index contributed by atoms with van der Waals surface area (Å²) in [4.78, 5) is 11.3. The van der Waals surface area contributed by atoms with E-state index in [1.807, 2.05) is 17.5 Å². The van der Waals surface area contributed by atoms with Crippen LogP contribution < -0.4 is 0 Å². The molecule has 0 amide bonds. The van der Waals surface area contributed by atoms with E-state index < -0.39 is 5.97 Å².